The Balaban J connectivity index is 1.65. The summed E-state index contributed by atoms with van der Waals surface area (Å²) in [6, 6.07) is 15.8. The molecule has 4 unspecified atom stereocenters. The highest BCUT2D eigenvalue weighted by atomic mass is 16.5. The van der Waals surface area contributed by atoms with Crippen LogP contribution in [0.2, 0.25) is 0 Å². The maximum Gasteiger partial charge on any atom is 0.119 e. The average Bonchev–Trinajstić information content (AvgIpc) is 2.83. The number of ether oxygens (including phenoxy) is 3. The standard InChI is InChI=1S/C27H38N2O4/c1-6-26(22-10-8-12-24(30)14-22)18-28(16-20(3)32-26)29-17-21(4)33-27(7-2,19-29)23-11-9-13-25(15-23)31-5/h8-15,20-21,30H,6-7,16-19H2,1-5H3. The third-order valence-electron chi connectivity index (χ3n) is 7.18. The molecule has 0 aromatic heterocycles. The fourth-order valence-electron chi connectivity index (χ4n) is 5.48. The molecular formula is C27H38N2O4. The van der Waals surface area contributed by atoms with Crippen LogP contribution < -0.4 is 4.74 Å². The summed E-state index contributed by atoms with van der Waals surface area (Å²) >= 11 is 0. The first-order valence-electron chi connectivity index (χ1n) is 12.1. The lowest BCUT2D eigenvalue weighted by Gasteiger charge is -2.54. The van der Waals surface area contributed by atoms with Gasteiger partial charge in [-0.15, -0.1) is 0 Å². The van der Waals surface area contributed by atoms with Crippen molar-refractivity contribution in [1.82, 2.24) is 10.0 Å². The molecule has 4 rings (SSSR count). The molecule has 1 N–H and O–H groups in total. The molecule has 0 saturated carbocycles. The van der Waals surface area contributed by atoms with Gasteiger partial charge in [0.1, 0.15) is 22.7 Å². The number of hydrogen-bond donors (Lipinski definition) is 1. The normalized spacial score (nSPS) is 31.4. The van der Waals surface area contributed by atoms with Gasteiger partial charge in [-0.05, 0) is 62.1 Å². The monoisotopic (exact) mass is 454 g/mol. The first-order valence-corrected chi connectivity index (χ1v) is 12.1. The molecule has 2 aliphatic rings. The molecule has 2 fully saturated rings. The van der Waals surface area contributed by atoms with Gasteiger partial charge in [-0.25, -0.2) is 10.0 Å². The molecule has 0 radical (unpaired) electrons. The van der Waals surface area contributed by atoms with Crippen LogP contribution in [0.5, 0.6) is 11.5 Å². The zero-order chi connectivity index (χ0) is 23.6. The summed E-state index contributed by atoms with van der Waals surface area (Å²) < 4.78 is 18.7. The van der Waals surface area contributed by atoms with Crippen molar-refractivity contribution in [2.24, 2.45) is 0 Å². The van der Waals surface area contributed by atoms with Crippen LogP contribution in [0, 0.1) is 0 Å². The number of hydrazine groups is 1. The zero-order valence-corrected chi connectivity index (χ0v) is 20.6. The molecule has 0 aliphatic carbocycles. The van der Waals surface area contributed by atoms with Crippen molar-refractivity contribution in [2.75, 3.05) is 33.3 Å². The van der Waals surface area contributed by atoms with Gasteiger partial charge in [-0.1, -0.05) is 38.1 Å². The number of methoxy groups -OCH3 is 1. The minimum Gasteiger partial charge on any atom is -0.508 e. The molecule has 6 nitrogen and oxygen atoms in total. The van der Waals surface area contributed by atoms with Crippen LogP contribution in [0.1, 0.15) is 51.7 Å². The van der Waals surface area contributed by atoms with Crippen molar-refractivity contribution in [3.05, 3.63) is 59.7 Å². The molecule has 2 aromatic rings. The Hall–Kier alpha value is -2.12. The van der Waals surface area contributed by atoms with Crippen LogP contribution in [0.4, 0.5) is 0 Å². The number of phenols is 1. The second-order valence-electron chi connectivity index (χ2n) is 9.53. The highest BCUT2D eigenvalue weighted by Crippen LogP contribution is 2.41. The van der Waals surface area contributed by atoms with Gasteiger partial charge in [0.25, 0.3) is 0 Å². The lowest BCUT2D eigenvalue weighted by Crippen LogP contribution is -2.64. The Morgan fingerprint density at radius 3 is 1.88 bits per heavy atom. The lowest BCUT2D eigenvalue weighted by molar-refractivity contribution is -0.254. The topological polar surface area (TPSA) is 54.4 Å². The molecule has 33 heavy (non-hydrogen) atoms. The van der Waals surface area contributed by atoms with Crippen molar-refractivity contribution in [3.63, 3.8) is 0 Å². The molecule has 2 saturated heterocycles. The highest BCUT2D eigenvalue weighted by molar-refractivity contribution is 5.34. The van der Waals surface area contributed by atoms with Gasteiger partial charge in [-0.2, -0.15) is 0 Å². The maximum absolute atomic E-state index is 10.1. The second-order valence-corrected chi connectivity index (χ2v) is 9.53. The van der Waals surface area contributed by atoms with Gasteiger partial charge >= 0.3 is 0 Å². The minimum atomic E-state index is -0.469. The molecule has 0 amide bonds. The van der Waals surface area contributed by atoms with Gasteiger partial charge in [0.2, 0.25) is 0 Å². The summed E-state index contributed by atoms with van der Waals surface area (Å²) in [6.45, 7) is 11.8. The number of nitrogens with zero attached hydrogens (tertiary/aromatic N) is 2. The Kier molecular flexibility index (Phi) is 7.01. The van der Waals surface area contributed by atoms with Crippen molar-refractivity contribution in [2.45, 2.75) is 63.9 Å². The largest absolute Gasteiger partial charge is 0.508 e. The number of hydrogen-bond acceptors (Lipinski definition) is 6. The van der Waals surface area contributed by atoms with E-state index in [-0.39, 0.29) is 18.0 Å². The van der Waals surface area contributed by atoms with E-state index in [9.17, 15) is 5.11 Å². The Morgan fingerprint density at radius 1 is 0.879 bits per heavy atom. The van der Waals surface area contributed by atoms with E-state index < -0.39 is 11.2 Å². The van der Waals surface area contributed by atoms with E-state index >= 15 is 0 Å². The summed E-state index contributed by atoms with van der Waals surface area (Å²) in [5.74, 6) is 1.12. The van der Waals surface area contributed by atoms with Gasteiger partial charge in [0, 0.05) is 26.2 Å². The predicted octanol–water partition coefficient (Wildman–Crippen LogP) is 4.67. The van der Waals surface area contributed by atoms with E-state index in [4.69, 9.17) is 14.2 Å². The molecule has 2 aliphatic heterocycles. The number of aromatic hydroxyl groups is 1. The highest BCUT2D eigenvalue weighted by Gasteiger charge is 2.46. The summed E-state index contributed by atoms with van der Waals surface area (Å²) in [5, 5.41) is 15.0. The quantitative estimate of drug-likeness (QED) is 0.685. The second kappa shape index (κ2) is 9.63. The lowest BCUT2D eigenvalue weighted by atomic mass is 9.87. The number of benzene rings is 2. The predicted molar refractivity (Wildman–Crippen MR) is 129 cm³/mol. The third-order valence-corrected chi connectivity index (χ3v) is 7.18. The van der Waals surface area contributed by atoms with Crippen molar-refractivity contribution in [1.29, 1.82) is 0 Å². The zero-order valence-electron chi connectivity index (χ0n) is 20.6. The van der Waals surface area contributed by atoms with E-state index in [1.165, 1.54) is 0 Å². The van der Waals surface area contributed by atoms with Gasteiger partial charge in [-0.3, -0.25) is 0 Å². The van der Waals surface area contributed by atoms with Crippen molar-refractivity contribution < 1.29 is 19.3 Å². The summed E-state index contributed by atoms with van der Waals surface area (Å²) in [6.07, 6.45) is 1.84. The smallest absolute Gasteiger partial charge is 0.119 e. The van der Waals surface area contributed by atoms with Crippen LogP contribution in [-0.2, 0) is 20.7 Å². The Morgan fingerprint density at radius 2 is 1.39 bits per heavy atom. The molecule has 2 heterocycles. The van der Waals surface area contributed by atoms with E-state index in [0.29, 0.717) is 0 Å². The number of rotatable bonds is 6. The third kappa shape index (κ3) is 4.76. The first-order chi connectivity index (χ1) is 15.8. The van der Waals surface area contributed by atoms with Crippen molar-refractivity contribution >= 4 is 0 Å². The molecule has 0 spiro atoms. The van der Waals surface area contributed by atoms with Crippen LogP contribution in [0.25, 0.3) is 0 Å². The summed E-state index contributed by atoms with van der Waals surface area (Å²) in [7, 11) is 1.70. The number of phenolic OH excluding ortho intramolecular Hbond substituents is 1. The SMILES string of the molecule is CCC1(c2cccc(O)c2)CN(N2CC(C)OC(CC)(c3cccc(OC)c3)C2)CC(C)O1. The Bertz CT molecular complexity index is 953. The van der Waals surface area contributed by atoms with Gasteiger partial charge < -0.3 is 19.3 Å². The molecule has 4 atom stereocenters. The molecular weight excluding hydrogens is 416 g/mol. The van der Waals surface area contributed by atoms with E-state index in [1.54, 1.807) is 13.2 Å². The molecule has 2 aromatic carbocycles. The van der Waals surface area contributed by atoms with Gasteiger partial charge in [0.15, 0.2) is 0 Å². The van der Waals surface area contributed by atoms with Crippen LogP contribution in [-0.4, -0.2) is 60.6 Å². The summed E-state index contributed by atoms with van der Waals surface area (Å²) in [4.78, 5) is 0. The molecule has 180 valence electrons. The fraction of sp³-hybridized carbons (Fsp3) is 0.556. The Labute approximate surface area is 198 Å². The first kappa shape index (κ1) is 24.0. The van der Waals surface area contributed by atoms with Crippen LogP contribution in [0.15, 0.2) is 48.5 Å². The van der Waals surface area contributed by atoms with Gasteiger partial charge in [0.05, 0.1) is 19.3 Å². The molecule has 6 heteroatoms. The van der Waals surface area contributed by atoms with Crippen LogP contribution in [0.3, 0.4) is 0 Å². The molecule has 0 bridgehead atoms. The van der Waals surface area contributed by atoms with E-state index in [1.807, 2.05) is 24.3 Å². The van der Waals surface area contributed by atoms with E-state index in [2.05, 4.69) is 55.9 Å². The number of morpholine rings is 2. The van der Waals surface area contributed by atoms with Crippen molar-refractivity contribution in [3.8, 4) is 11.5 Å². The fourth-order valence-corrected chi connectivity index (χ4v) is 5.48. The minimum absolute atomic E-state index is 0.0621. The summed E-state index contributed by atoms with van der Waals surface area (Å²) in [5.41, 5.74) is 1.30. The average molecular weight is 455 g/mol. The maximum atomic E-state index is 10.1. The van der Waals surface area contributed by atoms with E-state index in [0.717, 1.165) is 55.9 Å². The van der Waals surface area contributed by atoms with Crippen LogP contribution >= 0.6 is 0 Å².